The first-order valence-corrected chi connectivity index (χ1v) is 11.9. The number of rotatable bonds is 8. The number of piperazine rings is 1. The molecule has 2 aromatic carbocycles. The van der Waals surface area contributed by atoms with Crippen molar-refractivity contribution in [3.05, 3.63) is 82.3 Å². The van der Waals surface area contributed by atoms with Gasteiger partial charge < -0.3 is 14.4 Å². The Morgan fingerprint density at radius 3 is 2.58 bits per heavy atom. The highest BCUT2D eigenvalue weighted by Gasteiger charge is 2.27. The zero-order valence-electron chi connectivity index (χ0n) is 18.6. The summed E-state index contributed by atoms with van der Waals surface area (Å²) in [6, 6.07) is 17.1. The number of ether oxygens (including phenoxy) is 2. The van der Waals surface area contributed by atoms with E-state index >= 15 is 0 Å². The Hall–Kier alpha value is -3.23. The Kier molecular flexibility index (Phi) is 7.70. The molecule has 3 aromatic rings. The second kappa shape index (κ2) is 11.1. The van der Waals surface area contributed by atoms with E-state index in [1.54, 1.807) is 41.6 Å². The molecule has 1 amide bonds. The number of esters is 1. The molecule has 0 aliphatic carbocycles. The third-order valence-electron chi connectivity index (χ3n) is 5.50. The molecule has 33 heavy (non-hydrogen) atoms. The lowest BCUT2D eigenvalue weighted by Gasteiger charge is -2.35. The van der Waals surface area contributed by atoms with Gasteiger partial charge in [0.25, 0.3) is 5.91 Å². The minimum absolute atomic E-state index is 0.168. The van der Waals surface area contributed by atoms with Gasteiger partial charge >= 0.3 is 5.97 Å². The topological polar surface area (TPSA) is 72.0 Å². The zero-order valence-corrected chi connectivity index (χ0v) is 19.4. The van der Waals surface area contributed by atoms with Gasteiger partial charge in [0.1, 0.15) is 12.4 Å². The van der Waals surface area contributed by atoms with Gasteiger partial charge in [-0.1, -0.05) is 36.4 Å². The van der Waals surface area contributed by atoms with Crippen molar-refractivity contribution < 1.29 is 19.1 Å². The molecule has 1 saturated heterocycles. The van der Waals surface area contributed by atoms with E-state index in [0.29, 0.717) is 31.0 Å². The molecular weight excluding hydrogens is 438 g/mol. The number of hydrogen-bond donors (Lipinski definition) is 0. The molecule has 1 aromatic heterocycles. The van der Waals surface area contributed by atoms with Crippen LogP contribution in [0.4, 0.5) is 0 Å². The average Bonchev–Trinajstić information content (AvgIpc) is 3.37. The van der Waals surface area contributed by atoms with Crippen LogP contribution in [0.15, 0.2) is 65.5 Å². The monoisotopic (exact) mass is 465 g/mol. The van der Waals surface area contributed by atoms with E-state index in [9.17, 15) is 9.59 Å². The van der Waals surface area contributed by atoms with Crippen LogP contribution in [0.5, 0.6) is 5.75 Å². The Labute approximate surface area is 197 Å². The minimum Gasteiger partial charge on any atom is -0.487 e. The number of nitrogens with zero attached hydrogens (tertiary/aromatic N) is 3. The molecule has 1 aliphatic rings. The van der Waals surface area contributed by atoms with E-state index in [1.807, 2.05) is 23.6 Å². The summed E-state index contributed by atoms with van der Waals surface area (Å²) in [4.78, 5) is 33.7. The molecule has 0 saturated carbocycles. The molecule has 1 unspecified atom stereocenters. The van der Waals surface area contributed by atoms with Crippen LogP contribution in [0.1, 0.15) is 28.5 Å². The highest BCUT2D eigenvalue weighted by molar-refractivity contribution is 7.07. The van der Waals surface area contributed by atoms with E-state index in [2.05, 4.69) is 22.0 Å². The van der Waals surface area contributed by atoms with Crippen LogP contribution >= 0.6 is 11.3 Å². The van der Waals surface area contributed by atoms with Gasteiger partial charge in [-0.05, 0) is 30.7 Å². The summed E-state index contributed by atoms with van der Waals surface area (Å²) in [5.41, 5.74) is 4.18. The van der Waals surface area contributed by atoms with Gasteiger partial charge in [0.2, 0.25) is 0 Å². The van der Waals surface area contributed by atoms with Crippen molar-refractivity contribution in [1.82, 2.24) is 14.8 Å². The van der Waals surface area contributed by atoms with Crippen molar-refractivity contribution in [3.8, 4) is 5.75 Å². The summed E-state index contributed by atoms with van der Waals surface area (Å²) < 4.78 is 11.2. The number of thiazole rings is 1. The minimum atomic E-state index is -0.849. The molecule has 1 fully saturated rings. The van der Waals surface area contributed by atoms with E-state index in [-0.39, 0.29) is 5.91 Å². The quantitative estimate of drug-likeness (QED) is 0.473. The lowest BCUT2D eigenvalue weighted by Crippen LogP contribution is -2.51. The van der Waals surface area contributed by atoms with Crippen molar-refractivity contribution in [2.75, 3.05) is 26.2 Å². The van der Waals surface area contributed by atoms with Gasteiger partial charge in [0.15, 0.2) is 6.10 Å². The standard InChI is InChI=1S/C25H27N3O4S/c1-19(24(29)28-12-10-27(11-13-28)15-20-6-3-2-4-7-20)32-25(30)21-8-5-9-23(14-21)31-16-22-17-33-18-26-22/h2-9,14,17-19H,10-13,15-16H2,1H3. The molecule has 4 rings (SSSR count). The fourth-order valence-corrected chi connectivity index (χ4v) is 4.23. The van der Waals surface area contributed by atoms with Crippen LogP contribution in [0.25, 0.3) is 0 Å². The van der Waals surface area contributed by atoms with E-state index < -0.39 is 12.1 Å². The van der Waals surface area contributed by atoms with Crippen molar-refractivity contribution in [2.24, 2.45) is 0 Å². The summed E-state index contributed by atoms with van der Waals surface area (Å²) in [7, 11) is 0. The second-order valence-corrected chi connectivity index (χ2v) is 8.65. The molecule has 1 aliphatic heterocycles. The van der Waals surface area contributed by atoms with Crippen LogP contribution in [-0.4, -0.2) is 58.9 Å². The van der Waals surface area contributed by atoms with Gasteiger partial charge in [0.05, 0.1) is 16.8 Å². The van der Waals surface area contributed by atoms with Gasteiger partial charge in [-0.3, -0.25) is 9.69 Å². The first-order chi connectivity index (χ1) is 16.1. The van der Waals surface area contributed by atoms with E-state index in [1.165, 1.54) is 16.9 Å². The summed E-state index contributed by atoms with van der Waals surface area (Å²) in [5, 5.41) is 1.91. The molecule has 0 N–H and O–H groups in total. The van der Waals surface area contributed by atoms with Crippen LogP contribution in [0.3, 0.4) is 0 Å². The number of hydrogen-bond acceptors (Lipinski definition) is 7. The Balaban J connectivity index is 1.25. The van der Waals surface area contributed by atoms with Crippen molar-refractivity contribution in [2.45, 2.75) is 26.2 Å². The van der Waals surface area contributed by atoms with Crippen molar-refractivity contribution in [3.63, 3.8) is 0 Å². The van der Waals surface area contributed by atoms with Gasteiger partial charge in [-0.15, -0.1) is 11.3 Å². The molecule has 172 valence electrons. The predicted octanol–water partition coefficient (Wildman–Crippen LogP) is 3.61. The normalized spacial score (nSPS) is 15.1. The number of benzene rings is 2. The highest BCUT2D eigenvalue weighted by atomic mass is 32.1. The second-order valence-electron chi connectivity index (χ2n) is 7.93. The number of carbonyl (C=O) groups is 2. The predicted molar refractivity (Wildman–Crippen MR) is 126 cm³/mol. The maximum absolute atomic E-state index is 12.8. The van der Waals surface area contributed by atoms with E-state index in [4.69, 9.17) is 9.47 Å². The molecule has 1 atom stereocenters. The van der Waals surface area contributed by atoms with Crippen LogP contribution < -0.4 is 4.74 Å². The maximum Gasteiger partial charge on any atom is 0.339 e. The van der Waals surface area contributed by atoms with Crippen LogP contribution in [0.2, 0.25) is 0 Å². The smallest absolute Gasteiger partial charge is 0.339 e. The van der Waals surface area contributed by atoms with Crippen LogP contribution in [-0.2, 0) is 22.7 Å². The first kappa shape index (κ1) is 22.9. The van der Waals surface area contributed by atoms with E-state index in [0.717, 1.165) is 25.3 Å². The molecule has 2 heterocycles. The number of amides is 1. The van der Waals surface area contributed by atoms with Crippen molar-refractivity contribution >= 4 is 23.2 Å². The number of carbonyl (C=O) groups excluding carboxylic acids is 2. The first-order valence-electron chi connectivity index (χ1n) is 10.9. The molecule has 0 bridgehead atoms. The van der Waals surface area contributed by atoms with Crippen molar-refractivity contribution in [1.29, 1.82) is 0 Å². The zero-order chi connectivity index (χ0) is 23.0. The third-order valence-corrected chi connectivity index (χ3v) is 6.14. The Morgan fingerprint density at radius 1 is 1.06 bits per heavy atom. The molecular formula is C25H27N3O4S. The Morgan fingerprint density at radius 2 is 1.85 bits per heavy atom. The SMILES string of the molecule is CC(OC(=O)c1cccc(OCc2cscn2)c1)C(=O)N1CCN(Cc2ccccc2)CC1. The van der Waals surface area contributed by atoms with Gasteiger partial charge in [0, 0.05) is 38.1 Å². The molecule has 0 spiro atoms. The summed E-state index contributed by atoms with van der Waals surface area (Å²) in [5.74, 6) is -0.165. The summed E-state index contributed by atoms with van der Waals surface area (Å²) in [6.45, 7) is 5.64. The van der Waals surface area contributed by atoms with Crippen LogP contribution in [0, 0.1) is 0 Å². The highest BCUT2D eigenvalue weighted by Crippen LogP contribution is 2.17. The summed E-state index contributed by atoms with van der Waals surface area (Å²) >= 11 is 1.50. The Bertz CT molecular complexity index is 1050. The third kappa shape index (κ3) is 6.40. The molecule has 8 heteroatoms. The lowest BCUT2D eigenvalue weighted by molar-refractivity contribution is -0.141. The largest absolute Gasteiger partial charge is 0.487 e. The summed E-state index contributed by atoms with van der Waals surface area (Å²) in [6.07, 6.45) is -0.849. The number of aromatic nitrogens is 1. The average molecular weight is 466 g/mol. The maximum atomic E-state index is 12.8. The van der Waals surface area contributed by atoms with Gasteiger partial charge in [-0.2, -0.15) is 0 Å². The lowest BCUT2D eigenvalue weighted by atomic mass is 10.2. The fraction of sp³-hybridized carbons (Fsp3) is 0.320. The van der Waals surface area contributed by atoms with Gasteiger partial charge in [-0.25, -0.2) is 9.78 Å². The molecule has 7 nitrogen and oxygen atoms in total. The fourth-order valence-electron chi connectivity index (χ4n) is 3.68. The molecule has 0 radical (unpaired) electrons.